The van der Waals surface area contributed by atoms with Gasteiger partial charge >= 0.3 is 0 Å². The number of amides is 4. The second-order valence-corrected chi connectivity index (χ2v) is 9.90. The number of aliphatic hydroxyl groups excluding tert-OH is 2. The van der Waals surface area contributed by atoms with Crippen LogP contribution in [0.4, 0.5) is 0 Å². The van der Waals surface area contributed by atoms with Crippen LogP contribution in [-0.2, 0) is 19.2 Å². The first-order valence-electron chi connectivity index (χ1n) is 13.0. The van der Waals surface area contributed by atoms with E-state index in [9.17, 15) is 29.4 Å². The van der Waals surface area contributed by atoms with Crippen molar-refractivity contribution in [3.05, 3.63) is 0 Å². The summed E-state index contributed by atoms with van der Waals surface area (Å²) < 4.78 is 0. The number of hydrogen-bond acceptors (Lipinski definition) is 9. The van der Waals surface area contributed by atoms with Gasteiger partial charge < -0.3 is 54.4 Å². The van der Waals surface area contributed by atoms with Gasteiger partial charge in [0.15, 0.2) is 11.9 Å². The zero-order valence-corrected chi connectivity index (χ0v) is 24.0. The van der Waals surface area contributed by atoms with Gasteiger partial charge in [0.1, 0.15) is 18.1 Å². The third-order valence-corrected chi connectivity index (χ3v) is 6.01. The smallest absolute Gasteiger partial charge is 0.245 e. The van der Waals surface area contributed by atoms with Crippen LogP contribution in [0.1, 0.15) is 46.0 Å². The van der Waals surface area contributed by atoms with E-state index in [0.29, 0.717) is 32.1 Å². The fraction of sp³-hybridized carbons (Fsp3) is 0.739. The number of carbonyl (C=O) groups excluding carboxylic acids is 4. The quantitative estimate of drug-likeness (QED) is 0.0202. The van der Waals surface area contributed by atoms with Gasteiger partial charge in [-0.25, -0.2) is 0 Å². The number of thiol groups is 1. The summed E-state index contributed by atoms with van der Waals surface area (Å²) in [5, 5.41) is 30.2. The predicted molar refractivity (Wildman–Crippen MR) is 155 cm³/mol. The van der Waals surface area contributed by atoms with Gasteiger partial charge in [0.25, 0.3) is 0 Å². The molecule has 230 valence electrons. The van der Waals surface area contributed by atoms with E-state index in [1.165, 1.54) is 0 Å². The predicted octanol–water partition coefficient (Wildman–Crippen LogP) is -4.01. The molecule has 0 aliphatic heterocycles. The topological polar surface area (TPSA) is 286 Å². The van der Waals surface area contributed by atoms with E-state index < -0.39 is 54.6 Å². The van der Waals surface area contributed by atoms with Crippen molar-refractivity contribution in [3.8, 4) is 0 Å². The molecular weight excluding hydrogens is 544 g/mol. The molecule has 0 unspecified atom stereocenters. The van der Waals surface area contributed by atoms with Crippen molar-refractivity contribution >= 4 is 48.7 Å². The molecule has 16 nitrogen and oxygen atoms in total. The highest BCUT2D eigenvalue weighted by atomic mass is 32.1. The van der Waals surface area contributed by atoms with Crippen molar-refractivity contribution in [2.45, 2.75) is 76.2 Å². The number of guanidine groups is 2. The fourth-order valence-electron chi connectivity index (χ4n) is 3.61. The Bertz CT molecular complexity index is 852. The number of carbonyl (C=O) groups is 4. The molecule has 0 heterocycles. The van der Waals surface area contributed by atoms with Crippen molar-refractivity contribution in [3.63, 3.8) is 0 Å². The number of nitrogens with one attached hydrogen (secondary N) is 4. The molecule has 0 bridgehead atoms. The number of aliphatic imine (C=N–C) groups is 2. The van der Waals surface area contributed by atoms with Gasteiger partial charge in [-0.2, -0.15) is 12.6 Å². The van der Waals surface area contributed by atoms with Crippen LogP contribution in [0.25, 0.3) is 0 Å². The van der Waals surface area contributed by atoms with E-state index >= 15 is 0 Å². The largest absolute Gasteiger partial charge is 0.394 e. The van der Waals surface area contributed by atoms with Crippen LogP contribution in [0.3, 0.4) is 0 Å². The lowest BCUT2D eigenvalue weighted by Crippen LogP contribution is -2.58. The summed E-state index contributed by atoms with van der Waals surface area (Å²) in [7, 11) is 0. The van der Waals surface area contributed by atoms with E-state index in [4.69, 9.17) is 22.9 Å². The number of hydrogen-bond donors (Lipinski definition) is 11. The number of rotatable bonds is 21. The average Bonchev–Trinajstić information content (AvgIpc) is 2.88. The highest BCUT2D eigenvalue weighted by Gasteiger charge is 2.30. The molecule has 0 rings (SSSR count). The van der Waals surface area contributed by atoms with E-state index in [-0.39, 0.29) is 43.1 Å². The first-order chi connectivity index (χ1) is 18.9. The van der Waals surface area contributed by atoms with Crippen LogP contribution in [0.5, 0.6) is 0 Å². The zero-order chi connectivity index (χ0) is 30.7. The molecule has 0 saturated carbocycles. The molecule has 4 amide bonds. The first-order valence-corrected chi connectivity index (χ1v) is 13.6. The third kappa shape index (κ3) is 15.9. The van der Waals surface area contributed by atoms with Gasteiger partial charge in [-0.05, 0) is 38.0 Å². The van der Waals surface area contributed by atoms with Crippen LogP contribution in [-0.4, -0.2) is 102 Å². The molecule has 0 spiro atoms. The second kappa shape index (κ2) is 20.6. The van der Waals surface area contributed by atoms with Crippen molar-refractivity contribution in [1.82, 2.24) is 21.3 Å². The molecule has 0 radical (unpaired) electrons. The Kier molecular flexibility index (Phi) is 18.9. The van der Waals surface area contributed by atoms with Crippen LogP contribution < -0.4 is 44.2 Å². The highest BCUT2D eigenvalue weighted by Crippen LogP contribution is 2.08. The maximum absolute atomic E-state index is 13.1. The van der Waals surface area contributed by atoms with Crippen LogP contribution in [0, 0.1) is 5.92 Å². The minimum absolute atomic E-state index is 0.0413. The Balaban J connectivity index is 5.57. The van der Waals surface area contributed by atoms with E-state index in [1.807, 2.05) is 13.8 Å². The Morgan fingerprint density at radius 1 is 0.850 bits per heavy atom. The molecule has 40 heavy (non-hydrogen) atoms. The lowest BCUT2D eigenvalue weighted by molar-refractivity contribution is -0.134. The van der Waals surface area contributed by atoms with Gasteiger partial charge in [0.05, 0.1) is 18.8 Å². The molecule has 17 heteroatoms. The van der Waals surface area contributed by atoms with E-state index in [2.05, 4.69) is 43.9 Å². The fourth-order valence-corrected chi connectivity index (χ4v) is 3.86. The van der Waals surface area contributed by atoms with Crippen molar-refractivity contribution in [2.75, 3.05) is 25.4 Å². The lowest BCUT2D eigenvalue weighted by atomic mass is 10.0. The van der Waals surface area contributed by atoms with Gasteiger partial charge in [-0.15, -0.1) is 0 Å². The van der Waals surface area contributed by atoms with Gasteiger partial charge in [-0.1, -0.05) is 13.8 Å². The van der Waals surface area contributed by atoms with Crippen molar-refractivity contribution < 1.29 is 29.4 Å². The van der Waals surface area contributed by atoms with Gasteiger partial charge in [0, 0.05) is 18.8 Å². The Hall–Kier alpha value is -3.31. The molecule has 0 fully saturated rings. The second-order valence-electron chi connectivity index (χ2n) is 9.53. The molecule has 0 aromatic carbocycles. The minimum atomic E-state index is -1.39. The summed E-state index contributed by atoms with van der Waals surface area (Å²) in [5.74, 6) is -2.21. The molecule has 5 atom stereocenters. The van der Waals surface area contributed by atoms with E-state index in [1.54, 1.807) is 0 Å². The Morgan fingerprint density at radius 2 is 1.35 bits per heavy atom. The SMILES string of the molecule is CC(C)C[C@H](NC=O)C(=O)N[C@@H](CCCN=C(N)N)C(=O)N[C@@H](CO)C(=O)N[C@@H](CCCN=C(N)N)[C@@H](O)CS. The van der Waals surface area contributed by atoms with Gasteiger partial charge in [0.2, 0.25) is 24.1 Å². The number of aliphatic hydroxyl groups is 2. The van der Waals surface area contributed by atoms with Gasteiger partial charge in [-0.3, -0.25) is 29.2 Å². The zero-order valence-electron chi connectivity index (χ0n) is 23.1. The lowest BCUT2D eigenvalue weighted by Gasteiger charge is -2.27. The maximum atomic E-state index is 13.1. The van der Waals surface area contributed by atoms with Crippen LogP contribution >= 0.6 is 12.6 Å². The summed E-state index contributed by atoms with van der Waals surface area (Å²) in [6.45, 7) is 3.43. The molecule has 0 aliphatic rings. The molecular formula is C23H46N10O6S. The number of nitrogens with zero attached hydrogens (tertiary/aromatic N) is 2. The molecule has 14 N–H and O–H groups in total. The Labute approximate surface area is 240 Å². The highest BCUT2D eigenvalue weighted by molar-refractivity contribution is 7.80. The molecule has 0 aromatic rings. The standard InChI is InChI=1S/C23H46N10O6S/c1-13(2)9-16(30-12-35)20(38)32-15(6-4-8-29-23(26)27)19(37)33-17(10-34)21(39)31-14(18(36)11-40)5-3-7-28-22(24)25/h12-18,34,36,40H,3-11H2,1-2H3,(H,30,35)(H,31,39)(H,32,38)(H,33,37)(H4,24,25,28)(H4,26,27,29)/t14-,15-,16-,17-,18-/m0/s1. The first kappa shape index (κ1) is 36.7. The number of nitrogens with two attached hydrogens (primary N) is 4. The van der Waals surface area contributed by atoms with E-state index in [0.717, 1.165) is 0 Å². The summed E-state index contributed by atoms with van der Waals surface area (Å²) in [5.41, 5.74) is 21.3. The molecule has 0 aliphatic carbocycles. The summed E-state index contributed by atoms with van der Waals surface area (Å²) in [6.07, 6.45) is 0.823. The summed E-state index contributed by atoms with van der Waals surface area (Å²) in [4.78, 5) is 57.6. The maximum Gasteiger partial charge on any atom is 0.245 e. The Morgan fingerprint density at radius 3 is 1.82 bits per heavy atom. The minimum Gasteiger partial charge on any atom is -0.394 e. The summed E-state index contributed by atoms with van der Waals surface area (Å²) in [6, 6.07) is -4.17. The van der Waals surface area contributed by atoms with Crippen molar-refractivity contribution in [1.29, 1.82) is 0 Å². The monoisotopic (exact) mass is 590 g/mol. The normalized spacial score (nSPS) is 14.6. The van der Waals surface area contributed by atoms with Crippen LogP contribution in [0.2, 0.25) is 0 Å². The molecule has 0 saturated heterocycles. The third-order valence-electron chi connectivity index (χ3n) is 5.63. The molecule has 0 aromatic heterocycles. The average molecular weight is 591 g/mol. The summed E-state index contributed by atoms with van der Waals surface area (Å²) >= 11 is 4.07. The van der Waals surface area contributed by atoms with Crippen LogP contribution in [0.15, 0.2) is 9.98 Å². The van der Waals surface area contributed by atoms with Crippen molar-refractivity contribution in [2.24, 2.45) is 38.8 Å².